The van der Waals surface area contributed by atoms with E-state index in [2.05, 4.69) is 10.2 Å². The molecular weight excluding hydrogens is 318 g/mol. The van der Waals surface area contributed by atoms with Crippen molar-refractivity contribution >= 4 is 6.03 Å². The lowest BCUT2D eigenvalue weighted by Crippen LogP contribution is -2.51. The van der Waals surface area contributed by atoms with Crippen LogP contribution in [0.3, 0.4) is 0 Å². The van der Waals surface area contributed by atoms with Crippen molar-refractivity contribution in [2.75, 3.05) is 53.0 Å². The van der Waals surface area contributed by atoms with E-state index in [1.165, 1.54) is 0 Å². The van der Waals surface area contributed by atoms with Gasteiger partial charge in [0.05, 0.1) is 19.3 Å². The number of likely N-dealkylation sites (tertiary alicyclic amines) is 1. The number of carbonyl (C=O) groups is 1. The first-order valence-corrected chi connectivity index (χ1v) is 9.16. The highest BCUT2D eigenvalue weighted by Gasteiger charge is 2.34. The zero-order valence-electron chi connectivity index (χ0n) is 15.0. The van der Waals surface area contributed by atoms with Gasteiger partial charge in [0.15, 0.2) is 0 Å². The van der Waals surface area contributed by atoms with E-state index < -0.39 is 0 Å². The van der Waals surface area contributed by atoms with Gasteiger partial charge in [-0.3, -0.25) is 4.90 Å². The Bertz CT molecular complexity index is 540. The average molecular weight is 347 g/mol. The number of nitrogens with zero attached hydrogens (tertiary/aromatic N) is 2. The van der Waals surface area contributed by atoms with Gasteiger partial charge in [0.2, 0.25) is 0 Å². The largest absolute Gasteiger partial charge is 0.383 e. The number of urea groups is 1. The molecule has 0 spiro atoms. The van der Waals surface area contributed by atoms with Crippen molar-refractivity contribution < 1.29 is 14.3 Å². The Balaban J connectivity index is 1.48. The van der Waals surface area contributed by atoms with E-state index in [-0.39, 0.29) is 12.1 Å². The molecule has 2 aliphatic heterocycles. The third kappa shape index (κ3) is 5.17. The molecule has 1 aromatic rings. The number of methoxy groups -OCH3 is 1. The zero-order valence-corrected chi connectivity index (χ0v) is 15.0. The van der Waals surface area contributed by atoms with Crippen LogP contribution < -0.4 is 5.32 Å². The molecule has 2 aliphatic rings. The van der Waals surface area contributed by atoms with E-state index in [9.17, 15) is 4.79 Å². The molecule has 2 fully saturated rings. The van der Waals surface area contributed by atoms with E-state index in [4.69, 9.17) is 9.47 Å². The van der Waals surface area contributed by atoms with E-state index in [1.807, 2.05) is 35.2 Å². The predicted octanol–water partition coefficient (Wildman–Crippen LogP) is 1.57. The fourth-order valence-corrected chi connectivity index (χ4v) is 3.61. The van der Waals surface area contributed by atoms with Crippen LogP contribution in [0.5, 0.6) is 0 Å². The minimum Gasteiger partial charge on any atom is -0.383 e. The summed E-state index contributed by atoms with van der Waals surface area (Å²) in [6, 6.07) is 10.0. The van der Waals surface area contributed by atoms with Gasteiger partial charge in [0, 0.05) is 52.3 Å². The van der Waals surface area contributed by atoms with E-state index >= 15 is 0 Å². The lowest BCUT2D eigenvalue weighted by Gasteiger charge is -2.38. The van der Waals surface area contributed by atoms with Crippen LogP contribution in [0.1, 0.15) is 12.0 Å². The smallest absolute Gasteiger partial charge is 0.317 e. The maximum absolute atomic E-state index is 12.5. The van der Waals surface area contributed by atoms with Crippen LogP contribution in [0.2, 0.25) is 0 Å². The Hall–Kier alpha value is -1.63. The molecule has 3 rings (SSSR count). The molecule has 25 heavy (non-hydrogen) atoms. The van der Waals surface area contributed by atoms with Crippen LogP contribution in [0, 0.1) is 5.92 Å². The van der Waals surface area contributed by atoms with Crippen LogP contribution in [0.4, 0.5) is 4.79 Å². The van der Waals surface area contributed by atoms with Crippen LogP contribution in [0.15, 0.2) is 30.3 Å². The number of fused-ring (bicyclic) bond motifs is 1. The van der Waals surface area contributed by atoms with Crippen molar-refractivity contribution in [3.8, 4) is 0 Å². The maximum atomic E-state index is 12.5. The van der Waals surface area contributed by atoms with Crippen molar-refractivity contribution in [2.45, 2.75) is 19.1 Å². The standard InChI is InChI=1S/C19H29N3O3/c1-24-11-9-21-10-12-25-18-15-22(8-7-17(18)14-21)19(23)20-13-16-5-3-2-4-6-16/h2-6,17-18H,7-15H2,1H3,(H,20,23)/t17-,18-/m0/s1. The lowest BCUT2D eigenvalue weighted by atomic mass is 9.93. The van der Waals surface area contributed by atoms with Gasteiger partial charge in [0.1, 0.15) is 0 Å². The first-order chi connectivity index (χ1) is 12.3. The van der Waals surface area contributed by atoms with Gasteiger partial charge in [-0.2, -0.15) is 0 Å². The summed E-state index contributed by atoms with van der Waals surface area (Å²) in [5.74, 6) is 0.498. The molecule has 0 unspecified atom stereocenters. The van der Waals surface area contributed by atoms with Crippen molar-refractivity contribution in [2.24, 2.45) is 5.92 Å². The quantitative estimate of drug-likeness (QED) is 0.878. The third-order valence-corrected chi connectivity index (χ3v) is 5.11. The highest BCUT2D eigenvalue weighted by Crippen LogP contribution is 2.24. The predicted molar refractivity (Wildman–Crippen MR) is 96.4 cm³/mol. The molecule has 2 atom stereocenters. The normalized spacial score (nSPS) is 24.4. The van der Waals surface area contributed by atoms with Crippen LogP contribution in [-0.2, 0) is 16.0 Å². The first-order valence-electron chi connectivity index (χ1n) is 9.16. The van der Waals surface area contributed by atoms with Crippen LogP contribution in [0.25, 0.3) is 0 Å². The summed E-state index contributed by atoms with van der Waals surface area (Å²) in [7, 11) is 1.74. The molecule has 1 N–H and O–H groups in total. The fraction of sp³-hybridized carbons (Fsp3) is 0.632. The van der Waals surface area contributed by atoms with Gasteiger partial charge in [-0.1, -0.05) is 30.3 Å². The molecule has 0 bridgehead atoms. The SMILES string of the molecule is COCCN1CCO[C@H]2CN(C(=O)NCc3ccccc3)CC[C@H]2C1. The number of hydrogen-bond acceptors (Lipinski definition) is 4. The average Bonchev–Trinajstić information content (AvgIpc) is 2.86. The summed E-state index contributed by atoms with van der Waals surface area (Å²) in [5, 5.41) is 3.02. The molecule has 138 valence electrons. The Kier molecular flexibility index (Phi) is 6.67. The van der Waals surface area contributed by atoms with Crippen LogP contribution in [-0.4, -0.2) is 75.0 Å². The highest BCUT2D eigenvalue weighted by atomic mass is 16.5. The molecule has 0 radical (unpaired) electrons. The van der Waals surface area contributed by atoms with Crippen LogP contribution >= 0.6 is 0 Å². The number of amides is 2. The number of piperidine rings is 1. The summed E-state index contributed by atoms with van der Waals surface area (Å²) >= 11 is 0. The molecular formula is C19H29N3O3. The third-order valence-electron chi connectivity index (χ3n) is 5.11. The molecule has 2 heterocycles. The van der Waals surface area contributed by atoms with Crippen molar-refractivity contribution in [3.05, 3.63) is 35.9 Å². The molecule has 0 aliphatic carbocycles. The summed E-state index contributed by atoms with van der Waals surface area (Å²) in [6.07, 6.45) is 1.14. The Morgan fingerprint density at radius 3 is 2.92 bits per heavy atom. The summed E-state index contributed by atoms with van der Waals surface area (Å²) in [5.41, 5.74) is 1.12. The van der Waals surface area contributed by atoms with Crippen molar-refractivity contribution in [3.63, 3.8) is 0 Å². The number of benzene rings is 1. The second-order valence-electron chi connectivity index (χ2n) is 6.84. The first kappa shape index (κ1) is 18.2. The Labute approximate surface area is 150 Å². The number of hydrogen-bond donors (Lipinski definition) is 1. The molecule has 0 aromatic heterocycles. The minimum absolute atomic E-state index is 0.00592. The Morgan fingerprint density at radius 1 is 1.28 bits per heavy atom. The second-order valence-corrected chi connectivity index (χ2v) is 6.84. The molecule has 0 saturated carbocycles. The molecule has 1 aromatic carbocycles. The fourth-order valence-electron chi connectivity index (χ4n) is 3.61. The zero-order chi connectivity index (χ0) is 17.5. The molecule has 2 amide bonds. The van der Waals surface area contributed by atoms with Gasteiger partial charge in [-0.25, -0.2) is 4.79 Å². The maximum Gasteiger partial charge on any atom is 0.317 e. The van der Waals surface area contributed by atoms with Crippen molar-refractivity contribution in [1.82, 2.24) is 15.1 Å². The molecule has 6 nitrogen and oxygen atoms in total. The van der Waals surface area contributed by atoms with E-state index in [0.29, 0.717) is 19.0 Å². The summed E-state index contributed by atoms with van der Waals surface area (Å²) < 4.78 is 11.2. The van der Waals surface area contributed by atoms with Crippen molar-refractivity contribution in [1.29, 1.82) is 0 Å². The lowest BCUT2D eigenvalue weighted by molar-refractivity contribution is -0.0111. The van der Waals surface area contributed by atoms with E-state index in [0.717, 1.165) is 51.4 Å². The topological polar surface area (TPSA) is 54.0 Å². The van der Waals surface area contributed by atoms with Gasteiger partial charge in [-0.15, -0.1) is 0 Å². The van der Waals surface area contributed by atoms with Gasteiger partial charge >= 0.3 is 6.03 Å². The summed E-state index contributed by atoms with van der Waals surface area (Å²) in [4.78, 5) is 16.8. The molecule has 2 saturated heterocycles. The van der Waals surface area contributed by atoms with Gasteiger partial charge in [0.25, 0.3) is 0 Å². The van der Waals surface area contributed by atoms with E-state index in [1.54, 1.807) is 7.11 Å². The Morgan fingerprint density at radius 2 is 2.12 bits per heavy atom. The summed E-state index contributed by atoms with van der Waals surface area (Å²) in [6.45, 7) is 6.45. The highest BCUT2D eigenvalue weighted by molar-refractivity contribution is 5.74. The monoisotopic (exact) mass is 347 g/mol. The molecule has 6 heteroatoms. The van der Waals surface area contributed by atoms with Gasteiger partial charge < -0.3 is 19.7 Å². The number of rotatable bonds is 5. The second kappa shape index (κ2) is 9.17. The van der Waals surface area contributed by atoms with Gasteiger partial charge in [-0.05, 0) is 12.0 Å². The minimum atomic E-state index is 0.00592. The number of ether oxygens (including phenoxy) is 2. The number of nitrogens with one attached hydrogen (secondary N) is 1. The number of carbonyl (C=O) groups excluding carboxylic acids is 1.